The van der Waals surface area contributed by atoms with Crippen LogP contribution in [0.15, 0.2) is 30.3 Å². The molecular weight excluding hydrogens is 492 g/mol. The second-order valence-corrected chi connectivity index (χ2v) is 11.0. The number of ether oxygens (including phenoxy) is 2. The van der Waals surface area contributed by atoms with Gasteiger partial charge < -0.3 is 14.4 Å². The van der Waals surface area contributed by atoms with Crippen molar-refractivity contribution in [2.24, 2.45) is 0 Å². The molecule has 0 aromatic heterocycles. The van der Waals surface area contributed by atoms with Crippen molar-refractivity contribution in [3.05, 3.63) is 62.9 Å². The van der Waals surface area contributed by atoms with Crippen LogP contribution in [0.3, 0.4) is 0 Å². The molecule has 188 valence electrons. The Bertz CT molecular complexity index is 1130. The lowest BCUT2D eigenvalue weighted by Gasteiger charge is -2.27. The number of rotatable bonds is 7. The largest absolute Gasteiger partial charge is 0.493 e. The van der Waals surface area contributed by atoms with Crippen LogP contribution in [0.25, 0.3) is 0 Å². The van der Waals surface area contributed by atoms with Crippen LogP contribution in [0, 0.1) is 5.82 Å². The molecule has 1 aliphatic carbocycles. The zero-order valence-corrected chi connectivity index (χ0v) is 21.7. The van der Waals surface area contributed by atoms with E-state index in [1.807, 2.05) is 0 Å². The van der Waals surface area contributed by atoms with Gasteiger partial charge in [0.1, 0.15) is 23.2 Å². The maximum absolute atomic E-state index is 15.2. The van der Waals surface area contributed by atoms with Crippen molar-refractivity contribution < 1.29 is 23.5 Å². The van der Waals surface area contributed by atoms with Gasteiger partial charge in [-0.05, 0) is 87.8 Å². The number of benzene rings is 2. The molecule has 0 bridgehead atoms. The molecule has 0 spiro atoms. The zero-order chi connectivity index (χ0) is 25.3. The van der Waals surface area contributed by atoms with Gasteiger partial charge >= 0.3 is 5.97 Å². The van der Waals surface area contributed by atoms with Crippen LogP contribution in [-0.2, 0) is 16.0 Å². The molecule has 1 atom stereocenters. The molecule has 1 saturated carbocycles. The molecule has 8 heteroatoms. The van der Waals surface area contributed by atoms with Crippen LogP contribution in [0.1, 0.15) is 73.9 Å². The summed E-state index contributed by atoms with van der Waals surface area (Å²) >= 11 is 12.0. The third-order valence-electron chi connectivity index (χ3n) is 6.20. The first kappa shape index (κ1) is 25.8. The van der Waals surface area contributed by atoms with Gasteiger partial charge in [0.2, 0.25) is 0 Å². The van der Waals surface area contributed by atoms with Gasteiger partial charge in [-0.3, -0.25) is 4.79 Å². The van der Waals surface area contributed by atoms with Crippen LogP contribution in [0.2, 0.25) is 10.0 Å². The summed E-state index contributed by atoms with van der Waals surface area (Å²) in [7, 11) is 0. The molecule has 1 saturated heterocycles. The van der Waals surface area contributed by atoms with E-state index in [0.29, 0.717) is 54.1 Å². The fraction of sp³-hybridized carbons (Fsp3) is 0.481. The van der Waals surface area contributed by atoms with Gasteiger partial charge in [0.05, 0.1) is 22.2 Å². The number of carbonyl (C=O) groups is 2. The number of hydrogen-bond donors (Lipinski definition) is 0. The average molecular weight is 522 g/mol. The fourth-order valence-electron chi connectivity index (χ4n) is 4.41. The van der Waals surface area contributed by atoms with E-state index in [0.717, 1.165) is 24.0 Å². The smallest absolute Gasteiger partial charge is 0.329 e. The molecule has 2 fully saturated rings. The Hall–Kier alpha value is -2.31. The predicted molar refractivity (Wildman–Crippen MR) is 134 cm³/mol. The van der Waals surface area contributed by atoms with E-state index in [9.17, 15) is 9.59 Å². The molecule has 1 aliphatic heterocycles. The first-order valence-electron chi connectivity index (χ1n) is 12.0. The fourth-order valence-corrected chi connectivity index (χ4v) is 4.70. The normalized spacial score (nSPS) is 18.0. The van der Waals surface area contributed by atoms with Gasteiger partial charge in [0, 0.05) is 19.0 Å². The third-order valence-corrected chi connectivity index (χ3v) is 6.94. The van der Waals surface area contributed by atoms with Crippen molar-refractivity contribution in [3.63, 3.8) is 0 Å². The minimum absolute atomic E-state index is 0.0107. The van der Waals surface area contributed by atoms with Gasteiger partial charge in [-0.2, -0.15) is 0 Å². The summed E-state index contributed by atoms with van der Waals surface area (Å²) in [5.41, 5.74) is 1.16. The predicted octanol–water partition coefficient (Wildman–Crippen LogP) is 6.58. The zero-order valence-electron chi connectivity index (χ0n) is 20.2. The molecule has 4 rings (SSSR count). The van der Waals surface area contributed by atoms with E-state index >= 15 is 4.39 Å². The van der Waals surface area contributed by atoms with Crippen LogP contribution in [0.5, 0.6) is 5.75 Å². The third kappa shape index (κ3) is 6.28. The standard InChI is InChI=1S/C27H30Cl2FNO4/c1-27(2,3)35-26(33)24-5-4-11-31(24)25(32)20-15-19(16-6-7-16)17(13-23(20)30)10-12-34-18-8-9-21(28)22(29)14-18/h8-9,13-16,24H,4-7,10-12H2,1-3H3/t24-/m0/s1. The van der Waals surface area contributed by atoms with Gasteiger partial charge in [-0.25, -0.2) is 9.18 Å². The van der Waals surface area contributed by atoms with E-state index in [-0.39, 0.29) is 5.56 Å². The van der Waals surface area contributed by atoms with Crippen molar-refractivity contribution in [3.8, 4) is 5.75 Å². The number of esters is 1. The Morgan fingerprint density at radius 1 is 1.09 bits per heavy atom. The van der Waals surface area contributed by atoms with E-state index in [1.54, 1.807) is 45.0 Å². The lowest BCUT2D eigenvalue weighted by molar-refractivity contribution is -0.159. The maximum atomic E-state index is 15.2. The topological polar surface area (TPSA) is 55.8 Å². The molecular formula is C27H30Cl2FNO4. The molecule has 2 aromatic carbocycles. The van der Waals surface area contributed by atoms with Crippen LogP contribution in [-0.4, -0.2) is 41.6 Å². The highest BCUT2D eigenvalue weighted by molar-refractivity contribution is 6.42. The van der Waals surface area contributed by atoms with Crippen molar-refractivity contribution in [2.75, 3.05) is 13.2 Å². The van der Waals surface area contributed by atoms with Gasteiger partial charge in [-0.15, -0.1) is 0 Å². The molecule has 1 heterocycles. The quantitative estimate of drug-likeness (QED) is 0.386. The molecule has 2 aliphatic rings. The SMILES string of the molecule is CC(C)(C)OC(=O)[C@@H]1CCCN1C(=O)c1cc(C2CC2)c(CCOc2ccc(Cl)c(Cl)c2)cc1F. The molecule has 5 nitrogen and oxygen atoms in total. The number of nitrogens with zero attached hydrogens (tertiary/aromatic N) is 1. The number of halogens is 3. The van der Waals surface area contributed by atoms with Crippen LogP contribution in [0.4, 0.5) is 4.39 Å². The average Bonchev–Trinajstić information content (AvgIpc) is 3.49. The number of carbonyl (C=O) groups excluding carboxylic acids is 2. The summed E-state index contributed by atoms with van der Waals surface area (Å²) in [6.45, 7) is 6.10. The highest BCUT2D eigenvalue weighted by Crippen LogP contribution is 2.43. The molecule has 1 amide bonds. The number of likely N-dealkylation sites (tertiary alicyclic amines) is 1. The molecule has 0 N–H and O–H groups in total. The molecule has 0 radical (unpaired) electrons. The van der Waals surface area contributed by atoms with Gasteiger partial charge in [0.25, 0.3) is 5.91 Å². The van der Waals surface area contributed by atoms with Crippen molar-refractivity contribution >= 4 is 35.1 Å². The first-order valence-corrected chi connectivity index (χ1v) is 12.7. The van der Waals surface area contributed by atoms with E-state index in [4.69, 9.17) is 32.7 Å². The Morgan fingerprint density at radius 3 is 2.49 bits per heavy atom. The van der Waals surface area contributed by atoms with E-state index < -0.39 is 29.3 Å². The first-order chi connectivity index (χ1) is 16.5. The van der Waals surface area contributed by atoms with Crippen molar-refractivity contribution in [1.29, 1.82) is 0 Å². The number of amides is 1. The number of hydrogen-bond acceptors (Lipinski definition) is 4. The molecule has 2 aromatic rings. The summed E-state index contributed by atoms with van der Waals surface area (Å²) in [4.78, 5) is 27.5. The Morgan fingerprint density at radius 2 is 1.83 bits per heavy atom. The summed E-state index contributed by atoms with van der Waals surface area (Å²) in [5.74, 6) is -0.596. The van der Waals surface area contributed by atoms with E-state index in [2.05, 4.69) is 0 Å². The summed E-state index contributed by atoms with van der Waals surface area (Å²) < 4.78 is 26.5. The summed E-state index contributed by atoms with van der Waals surface area (Å²) in [6, 6.07) is 7.47. The molecule has 0 unspecified atom stereocenters. The lowest BCUT2D eigenvalue weighted by Crippen LogP contribution is -2.43. The van der Waals surface area contributed by atoms with Gasteiger partial charge in [-0.1, -0.05) is 23.2 Å². The lowest BCUT2D eigenvalue weighted by atomic mass is 9.97. The minimum atomic E-state index is -0.690. The van der Waals surface area contributed by atoms with Crippen molar-refractivity contribution in [2.45, 2.75) is 70.4 Å². The summed E-state index contributed by atoms with van der Waals surface area (Å²) in [6.07, 6.45) is 3.69. The Labute approximate surface area is 215 Å². The highest BCUT2D eigenvalue weighted by atomic mass is 35.5. The monoisotopic (exact) mass is 521 g/mol. The Balaban J connectivity index is 1.50. The minimum Gasteiger partial charge on any atom is -0.493 e. The second-order valence-electron chi connectivity index (χ2n) is 10.2. The summed E-state index contributed by atoms with van der Waals surface area (Å²) in [5, 5.41) is 0.854. The molecule has 35 heavy (non-hydrogen) atoms. The van der Waals surface area contributed by atoms with E-state index in [1.165, 1.54) is 11.0 Å². The maximum Gasteiger partial charge on any atom is 0.329 e. The van der Waals surface area contributed by atoms with Crippen molar-refractivity contribution in [1.82, 2.24) is 4.90 Å². The second kappa shape index (κ2) is 10.4. The van der Waals surface area contributed by atoms with Gasteiger partial charge in [0.15, 0.2) is 0 Å². The Kier molecular flexibility index (Phi) is 7.62. The van der Waals surface area contributed by atoms with Crippen LogP contribution >= 0.6 is 23.2 Å². The van der Waals surface area contributed by atoms with Crippen LogP contribution < -0.4 is 4.74 Å². The highest BCUT2D eigenvalue weighted by Gasteiger charge is 2.38.